The fourth-order valence-electron chi connectivity index (χ4n) is 0.486. The quantitative estimate of drug-likeness (QED) is 0.439. The van der Waals surface area contributed by atoms with Gasteiger partial charge in [0.1, 0.15) is 0 Å². The van der Waals surface area contributed by atoms with Gasteiger partial charge in [-0.2, -0.15) is 10.5 Å². The first kappa shape index (κ1) is 10.0. The number of carbonyl (C=O) groups excluding carboxylic acids is 1. The summed E-state index contributed by atoms with van der Waals surface area (Å²) in [5.41, 5.74) is 0. The van der Waals surface area contributed by atoms with Crippen molar-refractivity contribution >= 4 is 5.97 Å². The zero-order chi connectivity index (χ0) is 9.40. The zero-order valence-corrected chi connectivity index (χ0v) is 6.28. The second-order valence-electron chi connectivity index (χ2n) is 1.86. The standard InChI is InChI=1S/C8H6N2O2/c1-2-5-12-8(11)7(6-10)3-4-9/h1,7H,3,5H2. The molecule has 1 unspecified atom stereocenters. The topological polar surface area (TPSA) is 73.9 Å². The number of esters is 1. The lowest BCUT2D eigenvalue weighted by Crippen LogP contribution is -2.15. The van der Waals surface area contributed by atoms with E-state index in [0.29, 0.717) is 0 Å². The van der Waals surface area contributed by atoms with Crippen LogP contribution in [0.5, 0.6) is 0 Å². The predicted molar refractivity (Wildman–Crippen MR) is 39.1 cm³/mol. The van der Waals surface area contributed by atoms with Gasteiger partial charge < -0.3 is 4.74 Å². The molecule has 0 bridgehead atoms. The van der Waals surface area contributed by atoms with Crippen molar-refractivity contribution in [3.63, 3.8) is 0 Å². The Kier molecular flexibility index (Phi) is 4.81. The smallest absolute Gasteiger partial charge is 0.325 e. The molecule has 1 atom stereocenters. The highest BCUT2D eigenvalue weighted by molar-refractivity contribution is 5.75. The molecule has 0 aromatic heterocycles. The Morgan fingerprint density at radius 2 is 2.25 bits per heavy atom. The highest BCUT2D eigenvalue weighted by Gasteiger charge is 2.18. The summed E-state index contributed by atoms with van der Waals surface area (Å²) in [6.07, 6.45) is 4.65. The van der Waals surface area contributed by atoms with Crippen molar-refractivity contribution in [2.24, 2.45) is 5.92 Å². The molecule has 4 nitrogen and oxygen atoms in total. The molecule has 12 heavy (non-hydrogen) atoms. The Morgan fingerprint density at radius 1 is 1.58 bits per heavy atom. The Hall–Kier alpha value is -1.99. The number of nitrogens with zero attached hydrogens (tertiary/aromatic N) is 2. The van der Waals surface area contributed by atoms with Crippen molar-refractivity contribution in [1.82, 2.24) is 0 Å². The molecule has 0 N–H and O–H groups in total. The lowest BCUT2D eigenvalue weighted by atomic mass is 10.1. The van der Waals surface area contributed by atoms with Gasteiger partial charge in [0, 0.05) is 0 Å². The van der Waals surface area contributed by atoms with Crippen LogP contribution in [0.2, 0.25) is 0 Å². The van der Waals surface area contributed by atoms with E-state index in [1.165, 1.54) is 0 Å². The number of hydrogen-bond acceptors (Lipinski definition) is 4. The normalized spacial score (nSPS) is 10.1. The van der Waals surface area contributed by atoms with Crippen LogP contribution in [0.25, 0.3) is 0 Å². The van der Waals surface area contributed by atoms with Crippen molar-refractivity contribution in [1.29, 1.82) is 10.5 Å². The minimum absolute atomic E-state index is 0.164. The van der Waals surface area contributed by atoms with Crippen molar-refractivity contribution in [2.45, 2.75) is 6.42 Å². The summed E-state index contributed by atoms with van der Waals surface area (Å²) in [5, 5.41) is 16.6. The van der Waals surface area contributed by atoms with Gasteiger partial charge in [0.15, 0.2) is 12.5 Å². The van der Waals surface area contributed by atoms with E-state index < -0.39 is 11.9 Å². The SMILES string of the molecule is C#CCOC(=O)C(C#N)CC#N. The first-order valence-electron chi connectivity index (χ1n) is 3.13. The maximum absolute atomic E-state index is 10.8. The zero-order valence-electron chi connectivity index (χ0n) is 6.28. The third-order valence-electron chi connectivity index (χ3n) is 1.03. The Balaban J connectivity index is 4.00. The number of nitriles is 2. The molecule has 0 saturated carbocycles. The van der Waals surface area contributed by atoms with Crippen LogP contribution in [0.1, 0.15) is 6.42 Å². The van der Waals surface area contributed by atoms with E-state index in [-0.39, 0.29) is 13.0 Å². The molecular formula is C8H6N2O2. The molecule has 60 valence electrons. The van der Waals surface area contributed by atoms with Crippen LogP contribution in [0, 0.1) is 40.9 Å². The van der Waals surface area contributed by atoms with Crippen molar-refractivity contribution < 1.29 is 9.53 Å². The van der Waals surface area contributed by atoms with E-state index in [1.54, 1.807) is 12.1 Å². The van der Waals surface area contributed by atoms with Crippen molar-refractivity contribution in [2.75, 3.05) is 6.61 Å². The van der Waals surface area contributed by atoms with E-state index in [0.717, 1.165) is 0 Å². The van der Waals surface area contributed by atoms with Gasteiger partial charge in [0.05, 0.1) is 18.6 Å². The molecule has 0 aliphatic rings. The molecule has 0 heterocycles. The van der Waals surface area contributed by atoms with Crippen LogP contribution in [-0.4, -0.2) is 12.6 Å². The third kappa shape index (κ3) is 3.25. The molecule has 0 spiro atoms. The Labute approximate surface area is 70.4 Å². The van der Waals surface area contributed by atoms with E-state index in [4.69, 9.17) is 16.9 Å². The van der Waals surface area contributed by atoms with Gasteiger partial charge in [0.2, 0.25) is 0 Å². The average Bonchev–Trinajstić information content (AvgIpc) is 2.10. The van der Waals surface area contributed by atoms with E-state index in [1.807, 2.05) is 0 Å². The van der Waals surface area contributed by atoms with Crippen LogP contribution in [0.15, 0.2) is 0 Å². The molecule has 0 fully saturated rings. The van der Waals surface area contributed by atoms with Gasteiger partial charge >= 0.3 is 5.97 Å². The summed E-state index contributed by atoms with van der Waals surface area (Å²) in [4.78, 5) is 10.8. The molecule has 0 saturated heterocycles. The summed E-state index contributed by atoms with van der Waals surface area (Å²) < 4.78 is 4.45. The molecule has 0 aliphatic heterocycles. The Morgan fingerprint density at radius 3 is 2.67 bits per heavy atom. The van der Waals surface area contributed by atoms with Crippen LogP contribution < -0.4 is 0 Å². The summed E-state index contributed by atoms with van der Waals surface area (Å²) in [6, 6.07) is 3.35. The van der Waals surface area contributed by atoms with E-state index in [9.17, 15) is 4.79 Å². The van der Waals surface area contributed by atoms with Gasteiger partial charge in [0.25, 0.3) is 0 Å². The van der Waals surface area contributed by atoms with E-state index in [2.05, 4.69) is 10.7 Å². The minimum Gasteiger partial charge on any atom is -0.452 e. The van der Waals surface area contributed by atoms with E-state index >= 15 is 0 Å². The fraction of sp³-hybridized carbons (Fsp3) is 0.375. The second-order valence-corrected chi connectivity index (χ2v) is 1.86. The largest absolute Gasteiger partial charge is 0.452 e. The summed E-state index contributed by atoms with van der Waals surface area (Å²) in [6.45, 7) is -0.164. The number of hydrogen-bond donors (Lipinski definition) is 0. The lowest BCUT2D eigenvalue weighted by Gasteiger charge is -2.02. The molecular weight excluding hydrogens is 156 g/mol. The summed E-state index contributed by atoms with van der Waals surface area (Å²) in [5.74, 6) is 0.321. The Bertz CT molecular complexity index is 277. The second kappa shape index (κ2) is 5.77. The molecule has 0 aromatic carbocycles. The monoisotopic (exact) mass is 162 g/mol. The summed E-state index contributed by atoms with van der Waals surface area (Å²) >= 11 is 0. The maximum atomic E-state index is 10.8. The van der Waals surface area contributed by atoms with Crippen molar-refractivity contribution in [3.8, 4) is 24.5 Å². The minimum atomic E-state index is -1.02. The lowest BCUT2D eigenvalue weighted by molar-refractivity contribution is -0.144. The number of ether oxygens (including phenoxy) is 1. The van der Waals surface area contributed by atoms with Gasteiger partial charge in [-0.1, -0.05) is 5.92 Å². The summed E-state index contributed by atoms with van der Waals surface area (Å²) in [7, 11) is 0. The highest BCUT2D eigenvalue weighted by atomic mass is 16.5. The van der Waals surface area contributed by atoms with Crippen LogP contribution >= 0.6 is 0 Å². The maximum Gasteiger partial charge on any atom is 0.325 e. The third-order valence-corrected chi connectivity index (χ3v) is 1.03. The molecule has 0 aromatic rings. The number of terminal acetylenes is 1. The predicted octanol–water partition coefficient (Wildman–Crippen LogP) is 0.216. The van der Waals surface area contributed by atoms with Crippen molar-refractivity contribution in [3.05, 3.63) is 0 Å². The molecule has 4 heteroatoms. The average molecular weight is 162 g/mol. The fourth-order valence-corrected chi connectivity index (χ4v) is 0.486. The number of carbonyl (C=O) groups is 1. The van der Waals surface area contributed by atoms with Crippen LogP contribution in [0.3, 0.4) is 0 Å². The highest BCUT2D eigenvalue weighted by Crippen LogP contribution is 2.02. The molecule has 0 rings (SSSR count). The number of rotatable bonds is 3. The van der Waals surface area contributed by atoms with Gasteiger partial charge in [-0.05, 0) is 0 Å². The van der Waals surface area contributed by atoms with Gasteiger partial charge in [-0.15, -0.1) is 6.42 Å². The van der Waals surface area contributed by atoms with Crippen LogP contribution in [-0.2, 0) is 9.53 Å². The molecule has 0 amide bonds. The van der Waals surface area contributed by atoms with Crippen LogP contribution in [0.4, 0.5) is 0 Å². The van der Waals surface area contributed by atoms with Gasteiger partial charge in [-0.25, -0.2) is 0 Å². The molecule has 0 aliphatic carbocycles. The first-order valence-corrected chi connectivity index (χ1v) is 3.13. The molecule has 0 radical (unpaired) electrons. The van der Waals surface area contributed by atoms with Gasteiger partial charge in [-0.3, -0.25) is 4.79 Å². The first-order chi connectivity index (χ1) is 5.76.